The summed E-state index contributed by atoms with van der Waals surface area (Å²) in [6.45, 7) is 6.29. The van der Waals surface area contributed by atoms with Gasteiger partial charge in [-0.3, -0.25) is 14.2 Å². The third-order valence-corrected chi connectivity index (χ3v) is 5.83. The van der Waals surface area contributed by atoms with E-state index in [0.29, 0.717) is 34.5 Å². The third-order valence-electron chi connectivity index (χ3n) is 5.83. The Hall–Kier alpha value is -3.80. The molecule has 4 rings (SSSR count). The highest BCUT2D eigenvalue weighted by atomic mass is 19.1. The monoisotopic (exact) mass is 443 g/mol. The molecule has 0 saturated carbocycles. The third kappa shape index (κ3) is 4.29. The van der Waals surface area contributed by atoms with Crippen LogP contribution in [0.3, 0.4) is 0 Å². The fraction of sp³-hybridized carbons (Fsp3) is 0.222. The van der Waals surface area contributed by atoms with Crippen molar-refractivity contribution in [1.82, 2.24) is 14.5 Å². The Labute approximate surface area is 192 Å². The lowest BCUT2D eigenvalue weighted by molar-refractivity contribution is 0.0680. The maximum Gasteiger partial charge on any atom is 0.266 e. The molecule has 6 heteroatoms. The minimum absolute atomic E-state index is 0.115. The zero-order valence-corrected chi connectivity index (χ0v) is 19.0. The smallest absolute Gasteiger partial charge is 0.266 e. The number of benzene rings is 3. The second kappa shape index (κ2) is 9.36. The number of rotatable bonds is 6. The van der Waals surface area contributed by atoms with Gasteiger partial charge in [0.1, 0.15) is 11.6 Å². The summed E-state index contributed by atoms with van der Waals surface area (Å²) < 4.78 is 15.1. The topological polar surface area (TPSA) is 55.2 Å². The van der Waals surface area contributed by atoms with Crippen LogP contribution in [0.1, 0.15) is 48.1 Å². The molecule has 0 radical (unpaired) electrons. The van der Waals surface area contributed by atoms with Gasteiger partial charge in [0.15, 0.2) is 0 Å². The van der Waals surface area contributed by atoms with Crippen molar-refractivity contribution in [3.63, 3.8) is 0 Å². The van der Waals surface area contributed by atoms with E-state index in [0.717, 1.165) is 12.0 Å². The van der Waals surface area contributed by atoms with E-state index in [9.17, 15) is 14.0 Å². The van der Waals surface area contributed by atoms with E-state index in [1.807, 2.05) is 51.1 Å². The number of nitrogens with zero attached hydrogens (tertiary/aromatic N) is 3. The quantitative estimate of drug-likeness (QED) is 0.398. The number of amides is 1. The SMILES string of the molecule is CCCN(C(=O)c1ccccc1C)C(C)c1nc2ccccc2c(=O)n1-c1ccc(F)cc1. The van der Waals surface area contributed by atoms with E-state index < -0.39 is 11.9 Å². The van der Waals surface area contributed by atoms with Crippen LogP contribution in [0.15, 0.2) is 77.6 Å². The second-order valence-corrected chi connectivity index (χ2v) is 8.09. The molecular formula is C27H26FN3O2. The molecule has 1 unspecified atom stereocenters. The number of aromatic nitrogens is 2. The minimum atomic E-state index is -0.501. The van der Waals surface area contributed by atoms with Gasteiger partial charge in [-0.05, 0) is 68.3 Å². The van der Waals surface area contributed by atoms with Crippen LogP contribution in [0.4, 0.5) is 4.39 Å². The van der Waals surface area contributed by atoms with Crippen LogP contribution >= 0.6 is 0 Å². The number of hydrogen-bond acceptors (Lipinski definition) is 3. The van der Waals surface area contributed by atoms with Crippen molar-refractivity contribution in [2.75, 3.05) is 6.54 Å². The van der Waals surface area contributed by atoms with E-state index >= 15 is 0 Å². The summed E-state index contributed by atoms with van der Waals surface area (Å²) in [6.07, 6.45) is 0.746. The summed E-state index contributed by atoms with van der Waals surface area (Å²) >= 11 is 0. The predicted molar refractivity (Wildman–Crippen MR) is 128 cm³/mol. The summed E-state index contributed by atoms with van der Waals surface area (Å²) in [7, 11) is 0. The first-order valence-corrected chi connectivity index (χ1v) is 11.1. The lowest BCUT2D eigenvalue weighted by Gasteiger charge is -2.31. The molecule has 1 amide bonds. The van der Waals surface area contributed by atoms with Crippen LogP contribution in [0.25, 0.3) is 16.6 Å². The first-order chi connectivity index (χ1) is 15.9. The average Bonchev–Trinajstić information content (AvgIpc) is 2.83. The van der Waals surface area contributed by atoms with Gasteiger partial charge in [-0.1, -0.05) is 37.3 Å². The number of fused-ring (bicyclic) bond motifs is 1. The van der Waals surface area contributed by atoms with Crippen molar-refractivity contribution in [2.45, 2.75) is 33.2 Å². The van der Waals surface area contributed by atoms with Crippen molar-refractivity contribution in [1.29, 1.82) is 0 Å². The van der Waals surface area contributed by atoms with Crippen LogP contribution in [-0.4, -0.2) is 26.9 Å². The molecule has 3 aromatic carbocycles. The molecule has 0 spiro atoms. The number of carbonyl (C=O) groups is 1. The highest BCUT2D eigenvalue weighted by Crippen LogP contribution is 2.25. The molecule has 1 aromatic heterocycles. The molecule has 0 fully saturated rings. The van der Waals surface area contributed by atoms with E-state index in [1.54, 1.807) is 35.2 Å². The molecule has 33 heavy (non-hydrogen) atoms. The molecule has 0 aliphatic heterocycles. The molecule has 0 aliphatic rings. The number of para-hydroxylation sites is 1. The number of hydrogen-bond donors (Lipinski definition) is 0. The standard InChI is InChI=1S/C27H26FN3O2/c1-4-17-30(26(32)22-10-6-5-9-18(22)2)19(3)25-29-24-12-8-7-11-23(24)27(33)31(25)21-15-13-20(28)14-16-21/h5-16,19H,4,17H2,1-3H3. The molecule has 0 bridgehead atoms. The van der Waals surface area contributed by atoms with Crippen LogP contribution in [0.2, 0.25) is 0 Å². The molecule has 1 atom stereocenters. The van der Waals surface area contributed by atoms with Crippen LogP contribution in [-0.2, 0) is 0 Å². The molecule has 0 saturated heterocycles. The van der Waals surface area contributed by atoms with Crippen molar-refractivity contribution in [3.05, 3.63) is 106 Å². The molecule has 168 valence electrons. The highest BCUT2D eigenvalue weighted by molar-refractivity contribution is 5.95. The highest BCUT2D eigenvalue weighted by Gasteiger charge is 2.27. The Morgan fingerprint density at radius 2 is 1.70 bits per heavy atom. The van der Waals surface area contributed by atoms with E-state index in [4.69, 9.17) is 4.98 Å². The second-order valence-electron chi connectivity index (χ2n) is 8.09. The Morgan fingerprint density at radius 1 is 1.03 bits per heavy atom. The Balaban J connectivity index is 1.92. The Morgan fingerprint density at radius 3 is 2.39 bits per heavy atom. The fourth-order valence-corrected chi connectivity index (χ4v) is 4.09. The number of aryl methyl sites for hydroxylation is 1. The maximum absolute atomic E-state index is 13.6. The van der Waals surface area contributed by atoms with Crippen LogP contribution in [0.5, 0.6) is 0 Å². The lowest BCUT2D eigenvalue weighted by atomic mass is 10.1. The summed E-state index contributed by atoms with van der Waals surface area (Å²) in [5.74, 6) is -0.0753. The van der Waals surface area contributed by atoms with Gasteiger partial charge >= 0.3 is 0 Å². The summed E-state index contributed by atoms with van der Waals surface area (Å²) in [6, 6.07) is 19.8. The van der Waals surface area contributed by atoms with Crippen molar-refractivity contribution < 1.29 is 9.18 Å². The normalized spacial score (nSPS) is 12.0. The molecule has 0 N–H and O–H groups in total. The molecule has 1 heterocycles. The number of halogens is 1. The molecule has 0 aliphatic carbocycles. The van der Waals surface area contributed by atoms with Crippen molar-refractivity contribution >= 4 is 16.8 Å². The fourth-order valence-electron chi connectivity index (χ4n) is 4.09. The first kappa shape index (κ1) is 22.4. The zero-order valence-electron chi connectivity index (χ0n) is 19.0. The summed E-state index contributed by atoms with van der Waals surface area (Å²) in [5.41, 5.74) is 2.31. The van der Waals surface area contributed by atoms with Crippen LogP contribution < -0.4 is 5.56 Å². The van der Waals surface area contributed by atoms with Gasteiger partial charge in [0.25, 0.3) is 11.5 Å². The lowest BCUT2D eigenvalue weighted by Crippen LogP contribution is -2.38. The van der Waals surface area contributed by atoms with E-state index in [-0.39, 0.29) is 11.5 Å². The van der Waals surface area contributed by atoms with Gasteiger partial charge in [-0.15, -0.1) is 0 Å². The van der Waals surface area contributed by atoms with Gasteiger partial charge in [0, 0.05) is 12.1 Å². The molecule has 4 aromatic rings. The first-order valence-electron chi connectivity index (χ1n) is 11.1. The Kier molecular flexibility index (Phi) is 6.36. The Bertz CT molecular complexity index is 1360. The number of carbonyl (C=O) groups excluding carboxylic acids is 1. The average molecular weight is 444 g/mol. The van der Waals surface area contributed by atoms with E-state index in [2.05, 4.69) is 0 Å². The molecular weight excluding hydrogens is 417 g/mol. The largest absolute Gasteiger partial charge is 0.329 e. The minimum Gasteiger partial charge on any atom is -0.329 e. The van der Waals surface area contributed by atoms with Gasteiger partial charge in [-0.2, -0.15) is 0 Å². The maximum atomic E-state index is 13.6. The van der Waals surface area contributed by atoms with Gasteiger partial charge in [0.2, 0.25) is 0 Å². The van der Waals surface area contributed by atoms with Gasteiger partial charge in [0.05, 0.1) is 22.6 Å². The van der Waals surface area contributed by atoms with Crippen LogP contribution in [0, 0.1) is 12.7 Å². The summed E-state index contributed by atoms with van der Waals surface area (Å²) in [5, 5.41) is 0.463. The zero-order chi connectivity index (χ0) is 23.5. The van der Waals surface area contributed by atoms with Crippen molar-refractivity contribution in [2.24, 2.45) is 0 Å². The molecule has 5 nitrogen and oxygen atoms in total. The predicted octanol–water partition coefficient (Wildman–Crippen LogP) is 5.45. The van der Waals surface area contributed by atoms with E-state index in [1.165, 1.54) is 16.7 Å². The van der Waals surface area contributed by atoms with Gasteiger partial charge < -0.3 is 4.90 Å². The van der Waals surface area contributed by atoms with Gasteiger partial charge in [-0.25, -0.2) is 9.37 Å². The summed E-state index contributed by atoms with van der Waals surface area (Å²) in [4.78, 5) is 33.7. The van der Waals surface area contributed by atoms with Crippen molar-refractivity contribution in [3.8, 4) is 5.69 Å².